The summed E-state index contributed by atoms with van der Waals surface area (Å²) >= 11 is 0. The van der Waals surface area contributed by atoms with Crippen LogP contribution in [0.2, 0.25) is 0 Å². The van der Waals surface area contributed by atoms with Gasteiger partial charge in [0.25, 0.3) is 0 Å². The molecule has 1 fully saturated rings. The summed E-state index contributed by atoms with van der Waals surface area (Å²) < 4.78 is 12.1. The molecule has 2 nitrogen and oxygen atoms in total. The first-order valence-corrected chi connectivity index (χ1v) is 6.07. The summed E-state index contributed by atoms with van der Waals surface area (Å²) in [5, 5.41) is 0. The summed E-state index contributed by atoms with van der Waals surface area (Å²) in [5.41, 5.74) is 1.12. The van der Waals surface area contributed by atoms with Gasteiger partial charge in [-0.3, -0.25) is 0 Å². The van der Waals surface area contributed by atoms with Gasteiger partial charge >= 0.3 is 0 Å². The van der Waals surface area contributed by atoms with Crippen molar-refractivity contribution in [3.8, 4) is 0 Å². The third kappa shape index (κ3) is 2.13. The highest BCUT2D eigenvalue weighted by Gasteiger charge is 2.39. The van der Waals surface area contributed by atoms with Crippen LogP contribution in [-0.2, 0) is 15.3 Å². The maximum atomic E-state index is 6.06. The zero-order valence-corrected chi connectivity index (χ0v) is 10.3. The highest BCUT2D eigenvalue weighted by atomic mass is 16.7. The largest absolute Gasteiger partial charge is 0.343 e. The molecule has 1 heterocycles. The molecule has 1 aromatic carbocycles. The van der Waals surface area contributed by atoms with E-state index in [1.165, 1.54) is 0 Å². The number of ether oxygens (including phenoxy) is 2. The van der Waals surface area contributed by atoms with E-state index in [-0.39, 0.29) is 12.2 Å². The van der Waals surface area contributed by atoms with E-state index >= 15 is 0 Å². The van der Waals surface area contributed by atoms with E-state index in [1.807, 2.05) is 18.2 Å². The van der Waals surface area contributed by atoms with Gasteiger partial charge in [-0.1, -0.05) is 37.3 Å². The van der Waals surface area contributed by atoms with Gasteiger partial charge in [0.05, 0.1) is 12.2 Å². The van der Waals surface area contributed by atoms with E-state index in [9.17, 15) is 0 Å². The standard InChI is InChI=1S/C14H20O2/c1-4-14(13-8-6-5-7-9-13)15-11(2)10-12(3)16-14/h5-9,11-12H,4,10H2,1-3H3/t11-,12-/m1/s1. The molecule has 0 amide bonds. The van der Waals surface area contributed by atoms with Crippen LogP contribution in [0.25, 0.3) is 0 Å². The topological polar surface area (TPSA) is 18.5 Å². The summed E-state index contributed by atoms with van der Waals surface area (Å²) in [6.45, 7) is 6.34. The van der Waals surface area contributed by atoms with Crippen molar-refractivity contribution in [3.63, 3.8) is 0 Å². The molecule has 0 radical (unpaired) electrons. The lowest BCUT2D eigenvalue weighted by atomic mass is 9.99. The van der Waals surface area contributed by atoms with E-state index in [1.54, 1.807) is 0 Å². The highest BCUT2D eigenvalue weighted by Crippen LogP contribution is 2.38. The summed E-state index contributed by atoms with van der Waals surface area (Å²) in [6, 6.07) is 10.2. The summed E-state index contributed by atoms with van der Waals surface area (Å²) in [7, 11) is 0. The van der Waals surface area contributed by atoms with Gasteiger partial charge in [-0.05, 0) is 20.3 Å². The molecule has 1 aromatic rings. The average molecular weight is 220 g/mol. The van der Waals surface area contributed by atoms with Crippen LogP contribution in [0.15, 0.2) is 30.3 Å². The monoisotopic (exact) mass is 220 g/mol. The van der Waals surface area contributed by atoms with Crippen LogP contribution < -0.4 is 0 Å². The predicted octanol–water partition coefficient (Wildman–Crippen LogP) is 3.46. The second kappa shape index (κ2) is 4.56. The normalized spacial score (nSPS) is 34.9. The molecule has 0 aliphatic carbocycles. The van der Waals surface area contributed by atoms with Gasteiger partial charge in [0.2, 0.25) is 0 Å². The van der Waals surface area contributed by atoms with E-state index in [0.29, 0.717) is 0 Å². The Balaban J connectivity index is 2.32. The molecule has 1 aliphatic heterocycles. The van der Waals surface area contributed by atoms with Crippen LogP contribution in [0.1, 0.15) is 39.2 Å². The van der Waals surface area contributed by atoms with Gasteiger partial charge in [-0.15, -0.1) is 0 Å². The molecule has 1 saturated heterocycles. The molecule has 0 N–H and O–H groups in total. The van der Waals surface area contributed by atoms with Crippen molar-refractivity contribution in [1.29, 1.82) is 0 Å². The van der Waals surface area contributed by atoms with Crippen LogP contribution in [0.3, 0.4) is 0 Å². The molecular formula is C14H20O2. The second-order valence-electron chi connectivity index (χ2n) is 4.57. The molecule has 0 spiro atoms. The maximum absolute atomic E-state index is 6.06. The van der Waals surface area contributed by atoms with E-state index < -0.39 is 5.79 Å². The van der Waals surface area contributed by atoms with E-state index in [0.717, 1.165) is 18.4 Å². The summed E-state index contributed by atoms with van der Waals surface area (Å²) in [5.74, 6) is -0.543. The van der Waals surface area contributed by atoms with Crippen molar-refractivity contribution in [2.24, 2.45) is 0 Å². The first-order valence-electron chi connectivity index (χ1n) is 6.07. The zero-order valence-electron chi connectivity index (χ0n) is 10.3. The first-order chi connectivity index (χ1) is 7.66. The van der Waals surface area contributed by atoms with E-state index in [4.69, 9.17) is 9.47 Å². The van der Waals surface area contributed by atoms with Crippen LogP contribution in [0.4, 0.5) is 0 Å². The van der Waals surface area contributed by atoms with Gasteiger partial charge < -0.3 is 9.47 Å². The molecule has 16 heavy (non-hydrogen) atoms. The van der Waals surface area contributed by atoms with Gasteiger partial charge in [-0.25, -0.2) is 0 Å². The maximum Gasteiger partial charge on any atom is 0.195 e. The lowest BCUT2D eigenvalue weighted by Gasteiger charge is -2.43. The number of hydrogen-bond acceptors (Lipinski definition) is 2. The van der Waals surface area contributed by atoms with Gasteiger partial charge in [0.15, 0.2) is 5.79 Å². The molecule has 88 valence electrons. The molecule has 2 atom stereocenters. The lowest BCUT2D eigenvalue weighted by molar-refractivity contribution is -0.322. The quantitative estimate of drug-likeness (QED) is 0.760. The fraction of sp³-hybridized carbons (Fsp3) is 0.571. The van der Waals surface area contributed by atoms with Gasteiger partial charge in [-0.2, -0.15) is 0 Å². The number of benzene rings is 1. The smallest absolute Gasteiger partial charge is 0.195 e. The molecule has 0 saturated carbocycles. The Hall–Kier alpha value is -0.860. The van der Waals surface area contributed by atoms with Gasteiger partial charge in [0.1, 0.15) is 0 Å². The van der Waals surface area contributed by atoms with Crippen molar-refractivity contribution < 1.29 is 9.47 Å². The number of hydrogen-bond donors (Lipinski definition) is 0. The Labute approximate surface area is 97.6 Å². The van der Waals surface area contributed by atoms with Crippen LogP contribution in [0, 0.1) is 0 Å². The van der Waals surface area contributed by atoms with Crippen LogP contribution >= 0.6 is 0 Å². The fourth-order valence-electron chi connectivity index (χ4n) is 2.44. The Bertz CT molecular complexity index is 324. The third-order valence-electron chi connectivity index (χ3n) is 3.13. The minimum Gasteiger partial charge on any atom is -0.343 e. The molecule has 1 aliphatic rings. The van der Waals surface area contributed by atoms with E-state index in [2.05, 4.69) is 32.9 Å². The SMILES string of the molecule is CCC1(c2ccccc2)O[C@H](C)C[C@@H](C)O1. The zero-order chi connectivity index (χ0) is 11.6. The molecule has 0 aromatic heterocycles. The van der Waals surface area contributed by atoms with Crippen molar-refractivity contribution in [3.05, 3.63) is 35.9 Å². The predicted molar refractivity (Wildman–Crippen MR) is 64.1 cm³/mol. The Kier molecular flexibility index (Phi) is 3.31. The minimum atomic E-state index is -0.543. The third-order valence-corrected chi connectivity index (χ3v) is 3.13. The van der Waals surface area contributed by atoms with Crippen LogP contribution in [-0.4, -0.2) is 12.2 Å². The highest BCUT2D eigenvalue weighted by molar-refractivity contribution is 5.20. The van der Waals surface area contributed by atoms with Crippen molar-refractivity contribution in [1.82, 2.24) is 0 Å². The second-order valence-corrected chi connectivity index (χ2v) is 4.57. The Morgan fingerprint density at radius 1 is 1.12 bits per heavy atom. The first kappa shape index (κ1) is 11.6. The van der Waals surface area contributed by atoms with Crippen molar-refractivity contribution in [2.75, 3.05) is 0 Å². The van der Waals surface area contributed by atoms with Gasteiger partial charge in [0, 0.05) is 12.0 Å². The number of rotatable bonds is 2. The summed E-state index contributed by atoms with van der Waals surface area (Å²) in [6.07, 6.45) is 2.31. The molecule has 0 unspecified atom stereocenters. The average Bonchev–Trinajstić information content (AvgIpc) is 2.29. The molecular weight excluding hydrogens is 200 g/mol. The molecule has 2 rings (SSSR count). The summed E-state index contributed by atoms with van der Waals surface area (Å²) in [4.78, 5) is 0. The molecule has 0 bridgehead atoms. The lowest BCUT2D eigenvalue weighted by Crippen LogP contribution is -2.44. The van der Waals surface area contributed by atoms with Crippen molar-refractivity contribution >= 4 is 0 Å². The Morgan fingerprint density at radius 2 is 1.69 bits per heavy atom. The minimum absolute atomic E-state index is 0.254. The van der Waals surface area contributed by atoms with Crippen LogP contribution in [0.5, 0.6) is 0 Å². The molecule has 2 heteroatoms. The Morgan fingerprint density at radius 3 is 2.19 bits per heavy atom. The van der Waals surface area contributed by atoms with Crippen molar-refractivity contribution in [2.45, 2.75) is 51.6 Å². The fourth-order valence-corrected chi connectivity index (χ4v) is 2.44.